The molecular weight excluding hydrogens is 314 g/mol. The molecule has 0 aromatic heterocycles. The number of carbonyl (C=O) groups is 1. The monoisotopic (exact) mass is 325 g/mol. The summed E-state index contributed by atoms with van der Waals surface area (Å²) in [4.78, 5) is 12.6. The van der Waals surface area contributed by atoms with Crippen LogP contribution in [0.15, 0.2) is 65.1 Å². The van der Waals surface area contributed by atoms with Crippen LogP contribution in [0.4, 0.5) is 5.69 Å². The quantitative estimate of drug-likeness (QED) is 0.560. The first-order valence-corrected chi connectivity index (χ1v) is 7.03. The normalized spacial score (nSPS) is 10.7. The van der Waals surface area contributed by atoms with Gasteiger partial charge in [0.15, 0.2) is 5.78 Å². The van der Waals surface area contributed by atoms with Gasteiger partial charge in [0, 0.05) is 21.3 Å². The van der Waals surface area contributed by atoms with Crippen molar-refractivity contribution in [2.24, 2.45) is 0 Å². The van der Waals surface area contributed by atoms with Crippen LogP contribution in [0.2, 0.25) is 0 Å². The van der Waals surface area contributed by atoms with E-state index in [1.54, 1.807) is 18.2 Å². The standard InChI is InChI=1S/C17H12BrNO/c18-16-10-14(19)7-8-15(16)17(20)13-6-5-11-3-1-2-4-12(11)9-13/h1-10H,19H2. The van der Waals surface area contributed by atoms with Gasteiger partial charge in [-0.25, -0.2) is 0 Å². The Morgan fingerprint density at radius 3 is 2.40 bits per heavy atom. The summed E-state index contributed by atoms with van der Waals surface area (Å²) in [5, 5.41) is 2.19. The molecule has 0 unspecified atom stereocenters. The van der Waals surface area contributed by atoms with Gasteiger partial charge in [0.25, 0.3) is 0 Å². The highest BCUT2D eigenvalue weighted by Gasteiger charge is 2.13. The average Bonchev–Trinajstić information content (AvgIpc) is 2.46. The zero-order valence-corrected chi connectivity index (χ0v) is 12.2. The highest BCUT2D eigenvalue weighted by atomic mass is 79.9. The third-order valence-electron chi connectivity index (χ3n) is 3.25. The molecule has 3 rings (SSSR count). The molecule has 0 spiro atoms. The molecule has 0 saturated heterocycles. The van der Waals surface area contributed by atoms with E-state index in [0.29, 0.717) is 16.8 Å². The molecule has 0 heterocycles. The number of halogens is 1. The molecule has 0 radical (unpaired) electrons. The minimum Gasteiger partial charge on any atom is -0.399 e. The van der Waals surface area contributed by atoms with E-state index in [1.807, 2.05) is 42.5 Å². The van der Waals surface area contributed by atoms with Gasteiger partial charge in [0.1, 0.15) is 0 Å². The Balaban J connectivity index is 2.08. The summed E-state index contributed by atoms with van der Waals surface area (Å²) in [6, 6.07) is 19.0. The van der Waals surface area contributed by atoms with Gasteiger partial charge in [0.2, 0.25) is 0 Å². The van der Waals surface area contributed by atoms with E-state index in [0.717, 1.165) is 15.2 Å². The fraction of sp³-hybridized carbons (Fsp3) is 0. The number of anilines is 1. The predicted molar refractivity (Wildman–Crippen MR) is 85.9 cm³/mol. The smallest absolute Gasteiger partial charge is 0.194 e. The van der Waals surface area contributed by atoms with E-state index in [2.05, 4.69) is 15.9 Å². The molecule has 0 saturated carbocycles. The van der Waals surface area contributed by atoms with E-state index >= 15 is 0 Å². The molecule has 3 aromatic carbocycles. The molecule has 20 heavy (non-hydrogen) atoms. The summed E-state index contributed by atoms with van der Waals surface area (Å²) >= 11 is 3.39. The van der Waals surface area contributed by atoms with Gasteiger partial charge in [-0.3, -0.25) is 4.79 Å². The van der Waals surface area contributed by atoms with Crippen LogP contribution < -0.4 is 5.73 Å². The zero-order valence-electron chi connectivity index (χ0n) is 10.6. The maximum absolute atomic E-state index is 12.6. The van der Waals surface area contributed by atoms with E-state index in [9.17, 15) is 4.79 Å². The van der Waals surface area contributed by atoms with Crippen LogP contribution in [0.5, 0.6) is 0 Å². The van der Waals surface area contributed by atoms with Crippen LogP contribution in [0, 0.1) is 0 Å². The molecule has 98 valence electrons. The number of fused-ring (bicyclic) bond motifs is 1. The number of hydrogen-bond acceptors (Lipinski definition) is 2. The first-order chi connectivity index (χ1) is 9.65. The number of nitrogens with two attached hydrogens (primary N) is 1. The maximum atomic E-state index is 12.6. The van der Waals surface area contributed by atoms with Crippen molar-refractivity contribution in [2.75, 3.05) is 5.73 Å². The van der Waals surface area contributed by atoms with Crippen molar-refractivity contribution in [3.05, 3.63) is 76.3 Å². The Morgan fingerprint density at radius 1 is 0.900 bits per heavy atom. The highest BCUT2D eigenvalue weighted by Crippen LogP contribution is 2.24. The van der Waals surface area contributed by atoms with E-state index in [1.165, 1.54) is 0 Å². The van der Waals surface area contributed by atoms with Crippen LogP contribution >= 0.6 is 15.9 Å². The average molecular weight is 326 g/mol. The minimum atomic E-state index is -0.0115. The Labute approximate surface area is 125 Å². The summed E-state index contributed by atoms with van der Waals surface area (Å²) in [6.07, 6.45) is 0. The molecule has 0 bridgehead atoms. The third-order valence-corrected chi connectivity index (χ3v) is 3.91. The van der Waals surface area contributed by atoms with Crippen LogP contribution in [0.25, 0.3) is 10.8 Å². The molecule has 0 fully saturated rings. The van der Waals surface area contributed by atoms with E-state index < -0.39 is 0 Å². The van der Waals surface area contributed by atoms with Crippen molar-refractivity contribution in [3.8, 4) is 0 Å². The number of benzene rings is 3. The van der Waals surface area contributed by atoms with Gasteiger partial charge in [0.05, 0.1) is 0 Å². The Hall–Kier alpha value is -2.13. The van der Waals surface area contributed by atoms with Crippen molar-refractivity contribution < 1.29 is 4.79 Å². The fourth-order valence-electron chi connectivity index (χ4n) is 2.20. The van der Waals surface area contributed by atoms with E-state index in [4.69, 9.17) is 5.73 Å². The predicted octanol–water partition coefficient (Wildman–Crippen LogP) is 4.42. The number of ketones is 1. The molecule has 0 aliphatic heterocycles. The molecule has 0 aliphatic rings. The fourth-order valence-corrected chi connectivity index (χ4v) is 2.78. The second-order valence-corrected chi connectivity index (χ2v) is 5.48. The molecular formula is C17H12BrNO. The number of carbonyl (C=O) groups excluding carboxylic acids is 1. The van der Waals surface area contributed by atoms with Crippen molar-refractivity contribution >= 4 is 38.2 Å². The lowest BCUT2D eigenvalue weighted by Crippen LogP contribution is -2.02. The SMILES string of the molecule is Nc1ccc(C(=O)c2ccc3ccccc3c2)c(Br)c1. The second kappa shape index (κ2) is 5.10. The highest BCUT2D eigenvalue weighted by molar-refractivity contribution is 9.10. The maximum Gasteiger partial charge on any atom is 0.194 e. The lowest BCUT2D eigenvalue weighted by Gasteiger charge is -2.06. The molecule has 2 nitrogen and oxygen atoms in total. The molecule has 3 heteroatoms. The van der Waals surface area contributed by atoms with Crippen LogP contribution in [-0.2, 0) is 0 Å². The van der Waals surface area contributed by atoms with Crippen molar-refractivity contribution in [3.63, 3.8) is 0 Å². The van der Waals surface area contributed by atoms with Gasteiger partial charge >= 0.3 is 0 Å². The molecule has 3 aromatic rings. The largest absolute Gasteiger partial charge is 0.399 e. The van der Waals surface area contributed by atoms with Gasteiger partial charge in [-0.1, -0.05) is 36.4 Å². The lowest BCUT2D eigenvalue weighted by atomic mass is 10.00. The molecule has 0 aliphatic carbocycles. The Kier molecular flexibility index (Phi) is 3.28. The van der Waals surface area contributed by atoms with Crippen molar-refractivity contribution in [1.29, 1.82) is 0 Å². The zero-order chi connectivity index (χ0) is 14.1. The van der Waals surface area contributed by atoms with Crippen LogP contribution in [0.1, 0.15) is 15.9 Å². The second-order valence-electron chi connectivity index (χ2n) is 4.63. The van der Waals surface area contributed by atoms with Gasteiger partial charge in [-0.2, -0.15) is 0 Å². The Bertz CT molecular complexity index is 811. The van der Waals surface area contributed by atoms with Gasteiger partial charge in [-0.05, 0) is 51.0 Å². The summed E-state index contributed by atoms with van der Waals surface area (Å²) in [5.41, 5.74) is 7.63. The first-order valence-electron chi connectivity index (χ1n) is 6.24. The van der Waals surface area contributed by atoms with Gasteiger partial charge < -0.3 is 5.73 Å². The number of rotatable bonds is 2. The number of hydrogen-bond donors (Lipinski definition) is 1. The Morgan fingerprint density at radius 2 is 1.65 bits per heavy atom. The summed E-state index contributed by atoms with van der Waals surface area (Å²) in [5.74, 6) is -0.0115. The first kappa shape index (κ1) is 12.9. The summed E-state index contributed by atoms with van der Waals surface area (Å²) < 4.78 is 0.718. The lowest BCUT2D eigenvalue weighted by molar-refractivity contribution is 0.103. The molecule has 2 N–H and O–H groups in total. The number of nitrogen functional groups attached to an aromatic ring is 1. The molecule has 0 atom stereocenters. The summed E-state index contributed by atoms with van der Waals surface area (Å²) in [7, 11) is 0. The minimum absolute atomic E-state index is 0.0115. The third kappa shape index (κ3) is 2.32. The van der Waals surface area contributed by atoms with Gasteiger partial charge in [-0.15, -0.1) is 0 Å². The van der Waals surface area contributed by atoms with Crippen LogP contribution in [-0.4, -0.2) is 5.78 Å². The van der Waals surface area contributed by atoms with E-state index in [-0.39, 0.29) is 5.78 Å². The summed E-state index contributed by atoms with van der Waals surface area (Å²) in [6.45, 7) is 0. The topological polar surface area (TPSA) is 43.1 Å². The van der Waals surface area contributed by atoms with Crippen molar-refractivity contribution in [1.82, 2.24) is 0 Å². The van der Waals surface area contributed by atoms with Crippen molar-refractivity contribution in [2.45, 2.75) is 0 Å². The van der Waals surface area contributed by atoms with Crippen LogP contribution in [0.3, 0.4) is 0 Å². The molecule has 0 amide bonds.